The molecule has 1 aliphatic heterocycles. The van der Waals surface area contributed by atoms with Crippen LogP contribution in [0.1, 0.15) is 84.0 Å². The van der Waals surface area contributed by atoms with Gasteiger partial charge in [0.05, 0.1) is 6.10 Å². The van der Waals surface area contributed by atoms with Gasteiger partial charge in [-0.15, -0.1) is 0 Å². The largest absolute Gasteiger partial charge is 0.388 e. The molecule has 0 aromatic rings. The van der Waals surface area contributed by atoms with E-state index >= 15 is 0 Å². The smallest absolute Gasteiger partial charge is 0.238 e. The number of alkyl halides is 2. The molecule has 1 heterocycles. The molecule has 0 spiro atoms. The van der Waals surface area contributed by atoms with Gasteiger partial charge in [-0.25, -0.2) is 8.78 Å². The van der Waals surface area contributed by atoms with Crippen LogP contribution in [-0.4, -0.2) is 42.2 Å². The highest BCUT2D eigenvalue weighted by Crippen LogP contribution is 2.58. The zero-order chi connectivity index (χ0) is 22.7. The SMILES string of the molecule is C=C1CC/C(=C/C=C2\CCCC3(C)C(CCN4CCC(CC(F)F)CC4)CCC23)CC1O. The topological polar surface area (TPSA) is 23.5 Å². The van der Waals surface area contributed by atoms with E-state index in [4.69, 9.17) is 0 Å². The lowest BCUT2D eigenvalue weighted by molar-refractivity contribution is 0.0781. The average Bonchev–Trinajstić information content (AvgIpc) is 3.10. The van der Waals surface area contributed by atoms with Gasteiger partial charge in [-0.05, 0) is 119 Å². The molecule has 1 N–H and O–H groups in total. The van der Waals surface area contributed by atoms with E-state index in [-0.39, 0.29) is 18.4 Å². The van der Waals surface area contributed by atoms with Crippen molar-refractivity contribution >= 4 is 0 Å². The van der Waals surface area contributed by atoms with Gasteiger partial charge < -0.3 is 10.0 Å². The predicted octanol–water partition coefficient (Wildman–Crippen LogP) is 6.91. The summed E-state index contributed by atoms with van der Waals surface area (Å²) in [6.07, 6.45) is 14.7. The lowest BCUT2D eigenvalue weighted by Crippen LogP contribution is -2.38. The number of hydrogen-bond acceptors (Lipinski definition) is 2. The molecule has 0 amide bonds. The predicted molar refractivity (Wildman–Crippen MR) is 128 cm³/mol. The Balaban J connectivity index is 1.31. The molecular weight excluding hydrogens is 404 g/mol. The fourth-order valence-electron chi connectivity index (χ4n) is 7.22. The molecule has 4 fully saturated rings. The number of halogens is 2. The van der Waals surface area contributed by atoms with E-state index in [0.717, 1.165) is 63.2 Å². The lowest BCUT2D eigenvalue weighted by atomic mass is 9.63. The zero-order valence-electron chi connectivity index (χ0n) is 20.0. The molecule has 32 heavy (non-hydrogen) atoms. The fraction of sp³-hybridized carbons (Fsp3) is 0.786. The summed E-state index contributed by atoms with van der Waals surface area (Å²) in [6.45, 7) is 9.66. The summed E-state index contributed by atoms with van der Waals surface area (Å²) >= 11 is 0. The molecule has 0 bridgehead atoms. The number of nitrogens with zero attached hydrogens (tertiary/aromatic N) is 1. The third-order valence-corrected chi connectivity index (χ3v) is 9.40. The molecule has 0 aromatic carbocycles. The maximum absolute atomic E-state index is 12.7. The summed E-state index contributed by atoms with van der Waals surface area (Å²) in [6, 6.07) is 0. The van der Waals surface area contributed by atoms with E-state index in [1.807, 2.05) is 0 Å². The number of rotatable bonds is 6. The first-order valence-electron chi connectivity index (χ1n) is 13.1. The maximum Gasteiger partial charge on any atom is 0.238 e. The minimum atomic E-state index is -2.14. The normalized spacial score (nSPS) is 37.5. The molecule has 4 rings (SSSR count). The summed E-state index contributed by atoms with van der Waals surface area (Å²) in [7, 11) is 0. The van der Waals surface area contributed by atoms with Gasteiger partial charge in [0.1, 0.15) is 0 Å². The van der Waals surface area contributed by atoms with Crippen molar-refractivity contribution in [3.8, 4) is 0 Å². The van der Waals surface area contributed by atoms with E-state index in [0.29, 0.717) is 11.3 Å². The van der Waals surface area contributed by atoms with E-state index < -0.39 is 6.43 Å². The van der Waals surface area contributed by atoms with Crippen LogP contribution in [0.15, 0.2) is 35.5 Å². The molecule has 4 atom stereocenters. The van der Waals surface area contributed by atoms with Crippen molar-refractivity contribution in [3.63, 3.8) is 0 Å². The summed E-state index contributed by atoms with van der Waals surface area (Å²) in [5.74, 6) is 1.71. The summed E-state index contributed by atoms with van der Waals surface area (Å²) < 4.78 is 25.3. The summed E-state index contributed by atoms with van der Waals surface area (Å²) in [4.78, 5) is 2.53. The first kappa shape index (κ1) is 24.1. The number of fused-ring (bicyclic) bond motifs is 1. The van der Waals surface area contributed by atoms with Crippen LogP contribution in [0.25, 0.3) is 0 Å². The summed E-state index contributed by atoms with van der Waals surface area (Å²) in [5, 5.41) is 10.1. The highest BCUT2D eigenvalue weighted by atomic mass is 19.3. The molecule has 4 heteroatoms. The van der Waals surface area contributed by atoms with E-state index in [2.05, 4.69) is 30.6 Å². The van der Waals surface area contributed by atoms with Crippen molar-refractivity contribution in [1.82, 2.24) is 4.90 Å². The Bertz CT molecular complexity index is 721. The van der Waals surface area contributed by atoms with Crippen LogP contribution in [0, 0.1) is 23.2 Å². The Morgan fingerprint density at radius 1 is 1.12 bits per heavy atom. The fourth-order valence-corrected chi connectivity index (χ4v) is 7.22. The molecule has 3 saturated carbocycles. The van der Waals surface area contributed by atoms with Crippen molar-refractivity contribution in [2.24, 2.45) is 23.2 Å². The second kappa shape index (κ2) is 10.5. The molecule has 2 nitrogen and oxygen atoms in total. The number of piperidine rings is 1. The van der Waals surface area contributed by atoms with Crippen LogP contribution >= 0.6 is 0 Å². The number of likely N-dealkylation sites (tertiary alicyclic amines) is 1. The van der Waals surface area contributed by atoms with Crippen LogP contribution in [0.4, 0.5) is 8.78 Å². The molecule has 3 aliphatic carbocycles. The van der Waals surface area contributed by atoms with Crippen LogP contribution in [0.2, 0.25) is 0 Å². The van der Waals surface area contributed by atoms with Crippen LogP contribution < -0.4 is 0 Å². The monoisotopic (exact) mass is 447 g/mol. The Morgan fingerprint density at radius 3 is 2.62 bits per heavy atom. The number of aliphatic hydroxyl groups excluding tert-OH is 1. The molecule has 1 saturated heterocycles. The first-order valence-corrected chi connectivity index (χ1v) is 13.1. The zero-order valence-corrected chi connectivity index (χ0v) is 20.0. The molecule has 0 aromatic heterocycles. The van der Waals surface area contributed by atoms with Crippen molar-refractivity contribution < 1.29 is 13.9 Å². The quantitative estimate of drug-likeness (QED) is 0.447. The van der Waals surface area contributed by atoms with Gasteiger partial charge in [0.25, 0.3) is 0 Å². The molecule has 4 aliphatic rings. The number of aliphatic hydroxyl groups is 1. The Hall–Kier alpha value is -1.00. The first-order chi connectivity index (χ1) is 15.3. The van der Waals surface area contributed by atoms with Gasteiger partial charge in [0.2, 0.25) is 6.43 Å². The van der Waals surface area contributed by atoms with E-state index in [9.17, 15) is 13.9 Å². The van der Waals surface area contributed by atoms with Crippen LogP contribution in [0.5, 0.6) is 0 Å². The Kier molecular flexibility index (Phi) is 7.93. The van der Waals surface area contributed by atoms with Crippen molar-refractivity contribution in [2.45, 2.75) is 96.5 Å². The van der Waals surface area contributed by atoms with Gasteiger partial charge in [-0.2, -0.15) is 0 Å². The standard InChI is InChI=1S/C28H43F2NO/c1-20-5-6-21(18-26(20)32)7-8-23-4-3-14-28(2)24(9-10-25(23)28)13-17-31-15-11-22(12-16-31)19-27(29)30/h7-8,22,24-27,32H,1,3-6,9-19H2,2H3/b21-7-,23-8+. The van der Waals surface area contributed by atoms with Gasteiger partial charge in [0.15, 0.2) is 0 Å². The van der Waals surface area contributed by atoms with Gasteiger partial charge in [-0.1, -0.05) is 36.8 Å². The van der Waals surface area contributed by atoms with Crippen molar-refractivity contribution in [1.29, 1.82) is 0 Å². The minimum absolute atomic E-state index is 0.0925. The van der Waals surface area contributed by atoms with E-state index in [1.165, 1.54) is 44.1 Å². The maximum atomic E-state index is 12.7. The number of allylic oxidation sites excluding steroid dienone is 3. The van der Waals surface area contributed by atoms with Crippen LogP contribution in [-0.2, 0) is 0 Å². The average molecular weight is 448 g/mol. The highest BCUT2D eigenvalue weighted by molar-refractivity contribution is 5.27. The highest BCUT2D eigenvalue weighted by Gasteiger charge is 2.48. The van der Waals surface area contributed by atoms with Crippen LogP contribution in [0.3, 0.4) is 0 Å². The second-order valence-electron chi connectivity index (χ2n) is 11.3. The van der Waals surface area contributed by atoms with Gasteiger partial charge in [0, 0.05) is 6.42 Å². The molecule has 180 valence electrons. The van der Waals surface area contributed by atoms with Gasteiger partial charge in [-0.3, -0.25) is 0 Å². The van der Waals surface area contributed by atoms with Crippen molar-refractivity contribution in [2.75, 3.05) is 19.6 Å². The molecule has 0 radical (unpaired) electrons. The molecular formula is C28H43F2NO. The second-order valence-corrected chi connectivity index (χ2v) is 11.3. The summed E-state index contributed by atoms with van der Waals surface area (Å²) in [5.41, 5.74) is 4.41. The Labute approximate surface area is 193 Å². The van der Waals surface area contributed by atoms with Gasteiger partial charge >= 0.3 is 0 Å². The third-order valence-electron chi connectivity index (χ3n) is 9.40. The lowest BCUT2D eigenvalue weighted by Gasteiger charge is -2.43. The molecule has 4 unspecified atom stereocenters. The van der Waals surface area contributed by atoms with Crippen molar-refractivity contribution in [3.05, 3.63) is 35.5 Å². The van der Waals surface area contributed by atoms with E-state index in [1.54, 1.807) is 5.57 Å². The number of hydrogen-bond donors (Lipinski definition) is 1. The minimum Gasteiger partial charge on any atom is -0.388 e. The Morgan fingerprint density at radius 2 is 1.91 bits per heavy atom. The third kappa shape index (κ3) is 5.55.